The topological polar surface area (TPSA) is 74.5 Å². The van der Waals surface area contributed by atoms with Crippen LogP contribution in [-0.2, 0) is 5.54 Å². The molecule has 27 heavy (non-hydrogen) atoms. The molecule has 0 bridgehead atoms. The highest BCUT2D eigenvalue weighted by molar-refractivity contribution is 5.75. The van der Waals surface area contributed by atoms with E-state index in [0.29, 0.717) is 38.1 Å². The van der Waals surface area contributed by atoms with Gasteiger partial charge in [-0.25, -0.2) is 4.79 Å². The molecule has 1 aliphatic rings. The number of rotatable bonds is 4. The number of hydrogen-bond donors (Lipinski definition) is 1. The summed E-state index contributed by atoms with van der Waals surface area (Å²) in [5.41, 5.74) is 2.66. The quantitative estimate of drug-likeness (QED) is 0.896. The van der Waals surface area contributed by atoms with Gasteiger partial charge in [-0.05, 0) is 38.0 Å². The van der Waals surface area contributed by atoms with E-state index >= 15 is 0 Å². The fourth-order valence-electron chi connectivity index (χ4n) is 3.11. The van der Waals surface area contributed by atoms with E-state index in [9.17, 15) is 4.79 Å². The Balaban J connectivity index is 1.61. The van der Waals surface area contributed by atoms with E-state index in [1.807, 2.05) is 48.8 Å². The van der Waals surface area contributed by atoms with Crippen molar-refractivity contribution in [2.24, 2.45) is 0 Å². The Hall–Kier alpha value is -2.83. The molecule has 1 saturated heterocycles. The van der Waals surface area contributed by atoms with E-state index < -0.39 is 5.54 Å². The average Bonchev–Trinajstić information content (AvgIpc) is 3.08. The maximum Gasteiger partial charge on any atom is 0.318 e. The molecular formula is C20H27N5O2. The second-order valence-electron chi connectivity index (χ2n) is 7.49. The van der Waals surface area contributed by atoms with Gasteiger partial charge in [-0.2, -0.15) is 0 Å². The second kappa shape index (κ2) is 7.42. The summed E-state index contributed by atoms with van der Waals surface area (Å²) in [6, 6.07) is 8.59. The van der Waals surface area contributed by atoms with Gasteiger partial charge in [0.25, 0.3) is 0 Å². The summed E-state index contributed by atoms with van der Waals surface area (Å²) in [6.07, 6.45) is 0. The number of piperazine rings is 1. The average molecular weight is 369 g/mol. The largest absolute Gasteiger partial charge is 0.408 e. The normalized spacial score (nSPS) is 15.0. The number of amides is 2. The molecule has 7 heteroatoms. The summed E-state index contributed by atoms with van der Waals surface area (Å²) >= 11 is 0. The molecule has 3 rings (SSSR count). The summed E-state index contributed by atoms with van der Waals surface area (Å²) in [5, 5.41) is 11.1. The van der Waals surface area contributed by atoms with Crippen molar-refractivity contribution in [3.05, 3.63) is 47.9 Å². The summed E-state index contributed by atoms with van der Waals surface area (Å²) in [4.78, 5) is 16.6. The maximum atomic E-state index is 12.8. The van der Waals surface area contributed by atoms with Crippen LogP contribution in [0.5, 0.6) is 0 Å². The third kappa shape index (κ3) is 4.30. The lowest BCUT2D eigenvalue weighted by atomic mass is 9.92. The van der Waals surface area contributed by atoms with Crippen LogP contribution in [-0.4, -0.2) is 47.3 Å². The smallest absolute Gasteiger partial charge is 0.318 e. The third-order valence-electron chi connectivity index (χ3n) is 4.85. The first kappa shape index (κ1) is 18.9. The number of carbonyl (C=O) groups excluding carboxylic acids is 1. The second-order valence-corrected chi connectivity index (χ2v) is 7.49. The molecular weight excluding hydrogens is 342 g/mol. The molecule has 0 unspecified atom stereocenters. The number of benzene rings is 1. The van der Waals surface area contributed by atoms with Gasteiger partial charge in [0.05, 0.1) is 5.54 Å². The minimum absolute atomic E-state index is 0.0675. The molecule has 2 amide bonds. The zero-order valence-electron chi connectivity index (χ0n) is 16.5. The zero-order chi connectivity index (χ0) is 19.6. The van der Waals surface area contributed by atoms with Gasteiger partial charge in [0, 0.05) is 33.1 Å². The molecule has 7 nitrogen and oxygen atoms in total. The Kier molecular flexibility index (Phi) is 5.21. The molecule has 1 aromatic carbocycles. The number of urea groups is 1. The molecule has 2 heterocycles. The van der Waals surface area contributed by atoms with E-state index in [4.69, 9.17) is 4.42 Å². The van der Waals surface area contributed by atoms with E-state index in [0.717, 1.165) is 16.7 Å². The van der Waals surface area contributed by atoms with Gasteiger partial charge in [0.1, 0.15) is 0 Å². The molecule has 1 aromatic heterocycles. The van der Waals surface area contributed by atoms with Gasteiger partial charge in [-0.3, -0.25) is 0 Å². The predicted octanol–water partition coefficient (Wildman–Crippen LogP) is 3.18. The summed E-state index contributed by atoms with van der Waals surface area (Å²) < 4.78 is 5.47. The first-order valence-electron chi connectivity index (χ1n) is 9.15. The molecule has 0 spiro atoms. The van der Waals surface area contributed by atoms with Gasteiger partial charge < -0.3 is 19.5 Å². The van der Waals surface area contributed by atoms with Gasteiger partial charge in [0.2, 0.25) is 5.89 Å². The molecule has 144 valence electrons. The summed E-state index contributed by atoms with van der Waals surface area (Å²) in [6.45, 7) is 14.3. The molecule has 0 radical (unpaired) electrons. The van der Waals surface area contributed by atoms with Gasteiger partial charge in [0.15, 0.2) is 0 Å². The van der Waals surface area contributed by atoms with Crippen molar-refractivity contribution < 1.29 is 9.21 Å². The Morgan fingerprint density at radius 1 is 1.22 bits per heavy atom. The lowest BCUT2D eigenvalue weighted by Gasteiger charge is -2.36. The van der Waals surface area contributed by atoms with Crippen molar-refractivity contribution in [1.29, 1.82) is 0 Å². The summed E-state index contributed by atoms with van der Waals surface area (Å²) in [5.74, 6) is 0.545. The van der Waals surface area contributed by atoms with Crippen molar-refractivity contribution in [3.63, 3.8) is 0 Å². The third-order valence-corrected chi connectivity index (χ3v) is 4.85. The molecule has 0 saturated carbocycles. The molecule has 1 N–H and O–H groups in total. The number of aromatic nitrogens is 2. The number of nitrogens with one attached hydrogen (secondary N) is 1. The van der Waals surface area contributed by atoms with Gasteiger partial charge >= 0.3 is 12.0 Å². The minimum Gasteiger partial charge on any atom is -0.408 e. The fraction of sp³-hybridized carbons (Fsp3) is 0.450. The van der Waals surface area contributed by atoms with Crippen LogP contribution in [0.25, 0.3) is 5.57 Å². The van der Waals surface area contributed by atoms with Crippen molar-refractivity contribution in [2.75, 3.05) is 31.1 Å². The Morgan fingerprint density at radius 2 is 1.93 bits per heavy atom. The Bertz CT molecular complexity index is 834. The predicted molar refractivity (Wildman–Crippen MR) is 106 cm³/mol. The maximum absolute atomic E-state index is 12.8. The van der Waals surface area contributed by atoms with Crippen molar-refractivity contribution in [2.45, 2.75) is 33.2 Å². The number of aryl methyl sites for hydroxylation is 1. The van der Waals surface area contributed by atoms with E-state index in [2.05, 4.69) is 28.2 Å². The van der Waals surface area contributed by atoms with Crippen LogP contribution in [0.2, 0.25) is 0 Å². The molecule has 2 aromatic rings. The molecule has 1 aliphatic heterocycles. The number of carbonyl (C=O) groups is 1. The number of allylic oxidation sites excluding steroid dienone is 1. The standard InChI is InChI=1S/C20H27N5O2/c1-14(2)16-7-6-8-17(13-16)20(4,5)21-18(26)24-9-11-25(12-10-24)19-23-22-15(3)27-19/h6-8,13H,1,9-12H2,2-5H3,(H,21,26). The summed E-state index contributed by atoms with van der Waals surface area (Å²) in [7, 11) is 0. The minimum atomic E-state index is -0.483. The fourth-order valence-corrected chi connectivity index (χ4v) is 3.11. The van der Waals surface area contributed by atoms with Crippen LogP contribution in [0.15, 0.2) is 35.3 Å². The highest BCUT2D eigenvalue weighted by Crippen LogP contribution is 2.24. The Labute approximate surface area is 160 Å². The lowest BCUT2D eigenvalue weighted by Crippen LogP contribution is -2.55. The van der Waals surface area contributed by atoms with Crippen LogP contribution in [0.3, 0.4) is 0 Å². The van der Waals surface area contributed by atoms with E-state index in [-0.39, 0.29) is 6.03 Å². The van der Waals surface area contributed by atoms with E-state index in [1.165, 1.54) is 0 Å². The lowest BCUT2D eigenvalue weighted by molar-refractivity contribution is 0.182. The number of nitrogens with zero attached hydrogens (tertiary/aromatic N) is 4. The highest BCUT2D eigenvalue weighted by atomic mass is 16.4. The van der Waals surface area contributed by atoms with Crippen molar-refractivity contribution in [1.82, 2.24) is 20.4 Å². The Morgan fingerprint density at radius 3 is 2.52 bits per heavy atom. The molecule has 0 atom stereocenters. The molecule has 1 fully saturated rings. The monoisotopic (exact) mass is 369 g/mol. The van der Waals surface area contributed by atoms with Crippen LogP contribution in [0.4, 0.5) is 10.8 Å². The van der Waals surface area contributed by atoms with E-state index in [1.54, 1.807) is 6.92 Å². The number of anilines is 1. The van der Waals surface area contributed by atoms with Crippen molar-refractivity contribution >= 4 is 17.6 Å². The van der Waals surface area contributed by atoms with Crippen molar-refractivity contribution in [3.8, 4) is 0 Å². The first-order chi connectivity index (χ1) is 12.8. The first-order valence-corrected chi connectivity index (χ1v) is 9.15. The molecule has 0 aliphatic carbocycles. The van der Waals surface area contributed by atoms with Crippen LogP contribution < -0.4 is 10.2 Å². The van der Waals surface area contributed by atoms with Crippen LogP contribution in [0, 0.1) is 6.92 Å². The van der Waals surface area contributed by atoms with Crippen LogP contribution in [0.1, 0.15) is 37.8 Å². The van der Waals surface area contributed by atoms with Gasteiger partial charge in [-0.1, -0.05) is 35.4 Å². The SMILES string of the molecule is C=C(C)c1cccc(C(C)(C)NC(=O)N2CCN(c3nnc(C)o3)CC2)c1. The number of hydrogen-bond acceptors (Lipinski definition) is 5. The zero-order valence-corrected chi connectivity index (χ0v) is 16.5. The highest BCUT2D eigenvalue weighted by Gasteiger charge is 2.29. The van der Waals surface area contributed by atoms with Gasteiger partial charge in [-0.15, -0.1) is 5.10 Å². The van der Waals surface area contributed by atoms with Crippen LogP contribution >= 0.6 is 0 Å².